The van der Waals surface area contributed by atoms with Crippen molar-refractivity contribution in [3.05, 3.63) is 12.2 Å². The van der Waals surface area contributed by atoms with Gasteiger partial charge in [-0.25, -0.2) is 0 Å². The minimum Gasteiger partial charge on any atom is -0.469 e. The molecular formula is C13H23NO2. The predicted octanol–water partition coefficient (Wildman–Crippen LogP) is 2.37. The average Bonchev–Trinajstić information content (AvgIpc) is 2.29. The number of rotatable bonds is 4. The van der Waals surface area contributed by atoms with E-state index in [0.717, 1.165) is 0 Å². The first-order valence-electron chi connectivity index (χ1n) is 6.14. The molecule has 0 amide bonds. The van der Waals surface area contributed by atoms with Crippen LogP contribution in [0.1, 0.15) is 39.5 Å². The monoisotopic (exact) mass is 225 g/mol. The lowest BCUT2D eigenvalue weighted by molar-refractivity contribution is -0.139. The highest BCUT2D eigenvalue weighted by molar-refractivity contribution is 5.70. The molecule has 0 saturated carbocycles. The van der Waals surface area contributed by atoms with Gasteiger partial charge in [0.1, 0.15) is 0 Å². The third kappa shape index (κ3) is 3.97. The first-order valence-corrected chi connectivity index (χ1v) is 6.14. The molecule has 0 aromatic rings. The zero-order valence-corrected chi connectivity index (χ0v) is 10.6. The van der Waals surface area contributed by atoms with Crippen LogP contribution in [0.15, 0.2) is 12.2 Å². The van der Waals surface area contributed by atoms with E-state index < -0.39 is 0 Å². The Hall–Kier alpha value is -0.830. The Morgan fingerprint density at radius 1 is 1.50 bits per heavy atom. The maximum atomic E-state index is 11.0. The number of likely N-dealkylation sites (tertiary alicyclic amines) is 1. The molecule has 16 heavy (non-hydrogen) atoms. The van der Waals surface area contributed by atoms with Gasteiger partial charge >= 0.3 is 5.97 Å². The third-order valence-electron chi connectivity index (χ3n) is 3.13. The predicted molar refractivity (Wildman–Crippen MR) is 65.3 cm³/mol. The fraction of sp³-hybridized carbons (Fsp3) is 0.769. The molecule has 1 heterocycles. The molecule has 1 aliphatic rings. The first-order chi connectivity index (χ1) is 7.65. The van der Waals surface area contributed by atoms with Crippen LogP contribution in [-0.2, 0) is 9.53 Å². The van der Waals surface area contributed by atoms with E-state index in [9.17, 15) is 4.79 Å². The Kier molecular flexibility index (Phi) is 5.53. The lowest BCUT2D eigenvalue weighted by Gasteiger charge is -2.37. The summed E-state index contributed by atoms with van der Waals surface area (Å²) in [6.45, 7) is 5.63. The van der Waals surface area contributed by atoms with Gasteiger partial charge in [0.05, 0.1) is 13.5 Å². The van der Waals surface area contributed by atoms with E-state index in [4.69, 9.17) is 0 Å². The molecule has 1 unspecified atom stereocenters. The molecule has 0 aromatic carbocycles. The average molecular weight is 225 g/mol. The zero-order chi connectivity index (χ0) is 12.0. The molecule has 1 saturated heterocycles. The van der Waals surface area contributed by atoms with Crippen LogP contribution < -0.4 is 0 Å². The van der Waals surface area contributed by atoms with Crippen molar-refractivity contribution in [2.45, 2.75) is 51.6 Å². The normalized spacial score (nSPS) is 22.9. The highest BCUT2D eigenvalue weighted by Crippen LogP contribution is 2.20. The molecule has 92 valence electrons. The Labute approximate surface area is 98.5 Å². The molecule has 1 rings (SSSR count). The Morgan fingerprint density at radius 3 is 2.88 bits per heavy atom. The van der Waals surface area contributed by atoms with Crippen LogP contribution in [0.3, 0.4) is 0 Å². The molecule has 0 spiro atoms. The summed E-state index contributed by atoms with van der Waals surface area (Å²) in [6, 6.07) is 1.08. The standard InChI is InChI=1S/C13H23NO2/c1-11(2)14-10-5-4-7-12(14)8-6-9-13(15)16-3/h6,8,11-12H,4-5,7,9-10H2,1-3H3/b8-6-. The highest BCUT2D eigenvalue weighted by Gasteiger charge is 2.21. The molecule has 1 aliphatic heterocycles. The largest absolute Gasteiger partial charge is 0.469 e. The van der Waals surface area contributed by atoms with E-state index in [2.05, 4.69) is 29.6 Å². The molecule has 0 bridgehead atoms. The van der Waals surface area contributed by atoms with Gasteiger partial charge in [0.25, 0.3) is 0 Å². The number of carbonyl (C=O) groups excluding carboxylic acids is 1. The molecular weight excluding hydrogens is 202 g/mol. The number of piperidine rings is 1. The van der Waals surface area contributed by atoms with Crippen LogP contribution in [-0.4, -0.2) is 36.6 Å². The maximum absolute atomic E-state index is 11.0. The summed E-state index contributed by atoms with van der Waals surface area (Å²) in [5.41, 5.74) is 0. The number of methoxy groups -OCH3 is 1. The number of hydrogen-bond acceptors (Lipinski definition) is 3. The van der Waals surface area contributed by atoms with E-state index in [1.54, 1.807) is 0 Å². The summed E-state index contributed by atoms with van der Waals surface area (Å²) in [5, 5.41) is 0. The zero-order valence-electron chi connectivity index (χ0n) is 10.6. The van der Waals surface area contributed by atoms with E-state index in [0.29, 0.717) is 18.5 Å². The fourth-order valence-electron chi connectivity index (χ4n) is 2.23. The quantitative estimate of drug-likeness (QED) is 0.543. The van der Waals surface area contributed by atoms with E-state index in [1.165, 1.54) is 32.9 Å². The van der Waals surface area contributed by atoms with Gasteiger partial charge in [0.15, 0.2) is 0 Å². The summed E-state index contributed by atoms with van der Waals surface area (Å²) in [5.74, 6) is -0.164. The van der Waals surface area contributed by atoms with Crippen molar-refractivity contribution in [3.8, 4) is 0 Å². The van der Waals surface area contributed by atoms with Crippen LogP contribution >= 0.6 is 0 Å². The summed E-state index contributed by atoms with van der Waals surface area (Å²) in [4.78, 5) is 13.5. The van der Waals surface area contributed by atoms with Crippen molar-refractivity contribution in [2.24, 2.45) is 0 Å². The Morgan fingerprint density at radius 2 is 2.25 bits per heavy atom. The number of hydrogen-bond donors (Lipinski definition) is 0. The lowest BCUT2D eigenvalue weighted by atomic mass is 10.00. The van der Waals surface area contributed by atoms with Crippen molar-refractivity contribution < 1.29 is 9.53 Å². The van der Waals surface area contributed by atoms with Gasteiger partial charge in [-0.2, -0.15) is 0 Å². The minimum atomic E-state index is -0.164. The van der Waals surface area contributed by atoms with E-state index in [1.807, 2.05) is 6.08 Å². The van der Waals surface area contributed by atoms with E-state index >= 15 is 0 Å². The Bertz CT molecular complexity index is 248. The fourth-order valence-corrected chi connectivity index (χ4v) is 2.23. The van der Waals surface area contributed by atoms with Crippen LogP contribution in [0.2, 0.25) is 0 Å². The molecule has 0 N–H and O–H groups in total. The molecule has 0 aliphatic carbocycles. The SMILES string of the molecule is COC(=O)C/C=C\C1CCCCN1C(C)C. The third-order valence-corrected chi connectivity index (χ3v) is 3.13. The second-order valence-corrected chi connectivity index (χ2v) is 4.60. The topological polar surface area (TPSA) is 29.5 Å². The van der Waals surface area contributed by atoms with Gasteiger partial charge in [-0.15, -0.1) is 0 Å². The van der Waals surface area contributed by atoms with Crippen LogP contribution in [0.25, 0.3) is 0 Å². The van der Waals surface area contributed by atoms with Crippen LogP contribution in [0.4, 0.5) is 0 Å². The van der Waals surface area contributed by atoms with E-state index in [-0.39, 0.29) is 5.97 Å². The summed E-state index contributed by atoms with van der Waals surface area (Å²) >= 11 is 0. The number of esters is 1. The second-order valence-electron chi connectivity index (χ2n) is 4.60. The molecule has 0 aromatic heterocycles. The van der Waals surface area contributed by atoms with Crippen molar-refractivity contribution in [1.82, 2.24) is 4.90 Å². The first kappa shape index (κ1) is 13.2. The summed E-state index contributed by atoms with van der Waals surface area (Å²) < 4.78 is 4.61. The lowest BCUT2D eigenvalue weighted by Crippen LogP contribution is -2.42. The van der Waals surface area contributed by atoms with Gasteiger partial charge in [0, 0.05) is 12.1 Å². The molecule has 0 radical (unpaired) electrons. The van der Waals surface area contributed by atoms with Gasteiger partial charge in [0.2, 0.25) is 0 Å². The molecule has 1 atom stereocenters. The number of nitrogens with zero attached hydrogens (tertiary/aromatic N) is 1. The number of carbonyl (C=O) groups is 1. The molecule has 1 fully saturated rings. The minimum absolute atomic E-state index is 0.164. The van der Waals surface area contributed by atoms with Crippen molar-refractivity contribution in [2.75, 3.05) is 13.7 Å². The van der Waals surface area contributed by atoms with Crippen LogP contribution in [0, 0.1) is 0 Å². The summed E-state index contributed by atoms with van der Waals surface area (Å²) in [7, 11) is 1.43. The highest BCUT2D eigenvalue weighted by atomic mass is 16.5. The second kappa shape index (κ2) is 6.69. The van der Waals surface area contributed by atoms with Crippen molar-refractivity contribution in [1.29, 1.82) is 0 Å². The number of ether oxygens (including phenoxy) is 1. The molecule has 3 heteroatoms. The molecule has 3 nitrogen and oxygen atoms in total. The maximum Gasteiger partial charge on any atom is 0.309 e. The summed E-state index contributed by atoms with van der Waals surface area (Å²) in [6.07, 6.45) is 8.28. The van der Waals surface area contributed by atoms with Gasteiger partial charge in [-0.3, -0.25) is 9.69 Å². The van der Waals surface area contributed by atoms with Gasteiger partial charge in [-0.05, 0) is 33.2 Å². The van der Waals surface area contributed by atoms with Gasteiger partial charge in [-0.1, -0.05) is 18.6 Å². The van der Waals surface area contributed by atoms with Crippen molar-refractivity contribution >= 4 is 5.97 Å². The van der Waals surface area contributed by atoms with Crippen molar-refractivity contribution in [3.63, 3.8) is 0 Å². The van der Waals surface area contributed by atoms with Gasteiger partial charge < -0.3 is 4.74 Å². The smallest absolute Gasteiger partial charge is 0.309 e. The Balaban J connectivity index is 2.46. The van der Waals surface area contributed by atoms with Crippen LogP contribution in [0.5, 0.6) is 0 Å².